The molecule has 0 saturated carbocycles. The highest BCUT2D eigenvalue weighted by molar-refractivity contribution is 5.97. The maximum Gasteiger partial charge on any atom is 0.292 e. The lowest BCUT2D eigenvalue weighted by Crippen LogP contribution is -2.37. The molecule has 0 spiro atoms. The Labute approximate surface area is 157 Å². The minimum atomic E-state index is -0.528. The van der Waals surface area contributed by atoms with E-state index >= 15 is 0 Å². The van der Waals surface area contributed by atoms with Crippen molar-refractivity contribution in [1.29, 1.82) is 5.26 Å². The lowest BCUT2D eigenvalue weighted by Gasteiger charge is -2.26. The van der Waals surface area contributed by atoms with Crippen molar-refractivity contribution in [2.45, 2.75) is 26.4 Å². The number of nitrogens with zero attached hydrogens (tertiary/aromatic N) is 3. The van der Waals surface area contributed by atoms with Gasteiger partial charge in [0.25, 0.3) is 11.6 Å². The Hall–Kier alpha value is -3.66. The molecule has 7 heteroatoms. The third kappa shape index (κ3) is 5.16. The number of nitro benzene ring substituents is 1. The van der Waals surface area contributed by atoms with Crippen LogP contribution in [0.4, 0.5) is 11.4 Å². The van der Waals surface area contributed by atoms with Crippen LogP contribution in [0.1, 0.15) is 19.4 Å². The molecule has 2 aromatic rings. The third-order valence-electron chi connectivity index (χ3n) is 3.90. The number of hydrogen-bond donors (Lipinski definition) is 1. The topological polar surface area (TPSA) is 99.3 Å². The fourth-order valence-electron chi connectivity index (χ4n) is 2.47. The summed E-state index contributed by atoms with van der Waals surface area (Å²) >= 11 is 0. The molecule has 0 fully saturated rings. The number of nitro groups is 1. The van der Waals surface area contributed by atoms with E-state index < -0.39 is 10.8 Å². The van der Waals surface area contributed by atoms with Crippen molar-refractivity contribution < 1.29 is 9.72 Å². The number of benzene rings is 2. The lowest BCUT2D eigenvalue weighted by molar-refractivity contribution is -0.383. The highest BCUT2D eigenvalue weighted by Crippen LogP contribution is 2.23. The summed E-state index contributed by atoms with van der Waals surface area (Å²) in [5.41, 5.74) is 0.895. The van der Waals surface area contributed by atoms with Gasteiger partial charge in [0, 0.05) is 24.9 Å². The Morgan fingerprint density at radius 3 is 2.44 bits per heavy atom. The van der Waals surface area contributed by atoms with Crippen molar-refractivity contribution in [1.82, 2.24) is 4.90 Å². The molecule has 7 nitrogen and oxygen atoms in total. The second-order valence-electron chi connectivity index (χ2n) is 6.10. The molecule has 2 aromatic carbocycles. The number of carbonyl (C=O) groups is 1. The Morgan fingerprint density at radius 1 is 1.22 bits per heavy atom. The number of amides is 1. The van der Waals surface area contributed by atoms with Crippen LogP contribution in [0.2, 0.25) is 0 Å². The summed E-state index contributed by atoms with van der Waals surface area (Å²) in [6.45, 7) is 4.10. The summed E-state index contributed by atoms with van der Waals surface area (Å²) in [5, 5.41) is 23.2. The normalized spacial score (nSPS) is 11.0. The lowest BCUT2D eigenvalue weighted by atomic mass is 10.1. The minimum Gasteiger partial charge on any atom is -0.355 e. The summed E-state index contributed by atoms with van der Waals surface area (Å²) in [6, 6.07) is 17.3. The summed E-state index contributed by atoms with van der Waals surface area (Å²) in [5.74, 6) is -0.442. The van der Waals surface area contributed by atoms with Crippen LogP contribution in [-0.4, -0.2) is 21.8 Å². The average Bonchev–Trinajstić information content (AvgIpc) is 2.67. The van der Waals surface area contributed by atoms with Gasteiger partial charge in [0.2, 0.25) is 0 Å². The van der Waals surface area contributed by atoms with Crippen molar-refractivity contribution in [2.24, 2.45) is 0 Å². The molecule has 0 aliphatic heterocycles. The SMILES string of the molecule is CC(C)N(Cc1ccccc1)C(=O)/C(C#N)=C\Nc1ccccc1[N+](=O)[O-]. The number of nitrogens with one attached hydrogen (secondary N) is 1. The first-order valence-corrected chi connectivity index (χ1v) is 8.39. The van der Waals surface area contributed by atoms with Crippen molar-refractivity contribution in [3.8, 4) is 6.07 Å². The molecule has 0 bridgehead atoms. The van der Waals surface area contributed by atoms with Crippen LogP contribution in [0.5, 0.6) is 0 Å². The fourth-order valence-corrected chi connectivity index (χ4v) is 2.47. The second kappa shape index (κ2) is 9.15. The summed E-state index contributed by atoms with van der Waals surface area (Å²) in [6.07, 6.45) is 1.21. The molecule has 0 aliphatic rings. The van der Waals surface area contributed by atoms with Crippen molar-refractivity contribution in [3.63, 3.8) is 0 Å². The standard InChI is InChI=1S/C20H20N4O3/c1-15(2)23(14-16-8-4-3-5-9-16)20(25)17(12-21)13-22-18-10-6-7-11-19(18)24(26)27/h3-11,13,15,22H,14H2,1-2H3/b17-13-. The van der Waals surface area contributed by atoms with Gasteiger partial charge in [-0.2, -0.15) is 5.26 Å². The van der Waals surface area contributed by atoms with Gasteiger partial charge in [-0.05, 0) is 25.5 Å². The highest BCUT2D eigenvalue weighted by Gasteiger charge is 2.22. The third-order valence-corrected chi connectivity index (χ3v) is 3.90. The Morgan fingerprint density at radius 2 is 1.85 bits per heavy atom. The van der Waals surface area contributed by atoms with E-state index in [1.807, 2.05) is 50.2 Å². The first-order chi connectivity index (χ1) is 12.9. The molecule has 0 heterocycles. The molecule has 138 valence electrons. The zero-order valence-corrected chi connectivity index (χ0v) is 15.1. The van der Waals surface area contributed by atoms with E-state index in [-0.39, 0.29) is 23.0 Å². The van der Waals surface area contributed by atoms with Gasteiger partial charge < -0.3 is 10.2 Å². The van der Waals surface area contributed by atoms with E-state index in [4.69, 9.17) is 0 Å². The maximum absolute atomic E-state index is 12.8. The molecule has 1 amide bonds. The zero-order valence-electron chi connectivity index (χ0n) is 15.1. The number of carbonyl (C=O) groups excluding carboxylic acids is 1. The van der Waals surface area contributed by atoms with Crippen LogP contribution in [-0.2, 0) is 11.3 Å². The predicted molar refractivity (Wildman–Crippen MR) is 103 cm³/mol. The van der Waals surface area contributed by atoms with Crippen LogP contribution in [0.15, 0.2) is 66.4 Å². The molecule has 0 aromatic heterocycles. The van der Waals surface area contributed by atoms with Crippen LogP contribution in [0.3, 0.4) is 0 Å². The van der Waals surface area contributed by atoms with Crippen molar-refractivity contribution in [3.05, 3.63) is 82.0 Å². The van der Waals surface area contributed by atoms with Crippen LogP contribution < -0.4 is 5.32 Å². The van der Waals surface area contributed by atoms with Crippen LogP contribution >= 0.6 is 0 Å². The van der Waals surface area contributed by atoms with Crippen LogP contribution in [0.25, 0.3) is 0 Å². The molecule has 27 heavy (non-hydrogen) atoms. The monoisotopic (exact) mass is 364 g/mol. The van der Waals surface area contributed by atoms with E-state index in [2.05, 4.69) is 5.32 Å². The molecular formula is C20H20N4O3. The average molecular weight is 364 g/mol. The predicted octanol–water partition coefficient (Wildman–Crippen LogP) is 3.85. The molecular weight excluding hydrogens is 344 g/mol. The quantitative estimate of drug-likeness (QED) is 0.348. The number of anilines is 1. The first-order valence-electron chi connectivity index (χ1n) is 8.39. The Kier molecular flexibility index (Phi) is 6.67. The van der Waals surface area contributed by atoms with Crippen molar-refractivity contribution in [2.75, 3.05) is 5.32 Å². The van der Waals surface area contributed by atoms with Gasteiger partial charge in [-0.15, -0.1) is 0 Å². The molecule has 0 atom stereocenters. The van der Waals surface area contributed by atoms with Gasteiger partial charge >= 0.3 is 0 Å². The Balaban J connectivity index is 2.24. The number of para-hydroxylation sites is 2. The first kappa shape index (κ1) is 19.7. The summed E-state index contributed by atoms with van der Waals surface area (Å²) in [7, 11) is 0. The van der Waals surface area contributed by atoms with Crippen LogP contribution in [0, 0.1) is 21.4 Å². The molecule has 1 N–H and O–H groups in total. The second-order valence-corrected chi connectivity index (χ2v) is 6.10. The summed E-state index contributed by atoms with van der Waals surface area (Å²) in [4.78, 5) is 24.9. The minimum absolute atomic E-state index is 0.125. The number of nitriles is 1. The number of rotatable bonds is 7. The molecule has 0 radical (unpaired) electrons. The largest absolute Gasteiger partial charge is 0.355 e. The van der Waals surface area contributed by atoms with E-state index in [1.54, 1.807) is 17.0 Å². The van der Waals surface area contributed by atoms with E-state index in [0.29, 0.717) is 6.54 Å². The smallest absolute Gasteiger partial charge is 0.292 e. The van der Waals surface area contributed by atoms with E-state index in [0.717, 1.165) is 5.56 Å². The van der Waals surface area contributed by atoms with Gasteiger partial charge in [0.05, 0.1) is 4.92 Å². The fraction of sp³-hybridized carbons (Fsp3) is 0.200. The molecule has 0 unspecified atom stereocenters. The maximum atomic E-state index is 12.8. The van der Waals surface area contributed by atoms with E-state index in [1.165, 1.54) is 18.3 Å². The van der Waals surface area contributed by atoms with Gasteiger partial charge in [0.1, 0.15) is 17.3 Å². The van der Waals surface area contributed by atoms with Crippen molar-refractivity contribution >= 4 is 17.3 Å². The highest BCUT2D eigenvalue weighted by atomic mass is 16.6. The zero-order chi connectivity index (χ0) is 19.8. The van der Waals surface area contributed by atoms with Gasteiger partial charge in [-0.3, -0.25) is 14.9 Å². The summed E-state index contributed by atoms with van der Waals surface area (Å²) < 4.78 is 0. The van der Waals surface area contributed by atoms with Gasteiger partial charge in [-0.1, -0.05) is 42.5 Å². The van der Waals surface area contributed by atoms with Gasteiger partial charge in [-0.25, -0.2) is 0 Å². The van der Waals surface area contributed by atoms with Gasteiger partial charge in [0.15, 0.2) is 0 Å². The number of hydrogen-bond acceptors (Lipinski definition) is 5. The molecule has 0 saturated heterocycles. The molecule has 2 rings (SSSR count). The Bertz CT molecular complexity index is 886. The molecule has 0 aliphatic carbocycles. The van der Waals surface area contributed by atoms with E-state index in [9.17, 15) is 20.2 Å².